The molecule has 154 valence electrons. The summed E-state index contributed by atoms with van der Waals surface area (Å²) >= 11 is 0. The monoisotopic (exact) mass is 400 g/mol. The SMILES string of the molecule is COc1ccc(OC)c(NCCN2C(C)=CN3C2=NC2C3C(=O)NC(=O)N2C)c1. The lowest BCUT2D eigenvalue weighted by Crippen LogP contribution is -2.62. The number of allylic oxidation sites excluding steroid dienone is 1. The first-order chi connectivity index (χ1) is 13.9. The molecule has 3 aliphatic heterocycles. The van der Waals surface area contributed by atoms with Gasteiger partial charge in [-0.1, -0.05) is 0 Å². The molecule has 10 heteroatoms. The molecule has 4 rings (SSSR count). The van der Waals surface area contributed by atoms with E-state index in [0.717, 1.165) is 22.9 Å². The predicted octanol–water partition coefficient (Wildman–Crippen LogP) is 0.841. The molecule has 0 aliphatic carbocycles. The molecule has 0 radical (unpaired) electrons. The number of carbonyl (C=O) groups excluding carboxylic acids is 2. The van der Waals surface area contributed by atoms with Gasteiger partial charge in [-0.3, -0.25) is 10.1 Å². The van der Waals surface area contributed by atoms with Crippen LogP contribution in [0.4, 0.5) is 10.5 Å². The van der Waals surface area contributed by atoms with Gasteiger partial charge in [0.25, 0.3) is 5.91 Å². The molecule has 3 aliphatic rings. The fourth-order valence-electron chi connectivity index (χ4n) is 3.78. The zero-order chi connectivity index (χ0) is 20.7. The van der Waals surface area contributed by atoms with Crippen LogP contribution < -0.4 is 20.1 Å². The Morgan fingerprint density at radius 2 is 2.03 bits per heavy atom. The highest BCUT2D eigenvalue weighted by atomic mass is 16.5. The van der Waals surface area contributed by atoms with Crippen molar-refractivity contribution in [3.05, 3.63) is 30.1 Å². The molecular formula is C19H24N6O4. The van der Waals surface area contributed by atoms with Crippen molar-refractivity contribution in [2.75, 3.05) is 39.7 Å². The Hall–Kier alpha value is -3.43. The number of rotatable bonds is 6. The van der Waals surface area contributed by atoms with Crippen LogP contribution in [0.2, 0.25) is 0 Å². The molecule has 3 heterocycles. The lowest BCUT2D eigenvalue weighted by Gasteiger charge is -2.34. The minimum absolute atomic E-state index is 0.331. The van der Waals surface area contributed by atoms with Crippen molar-refractivity contribution < 1.29 is 19.1 Å². The van der Waals surface area contributed by atoms with Crippen molar-refractivity contribution in [3.63, 3.8) is 0 Å². The standard InChI is InChI=1S/C19H24N6O4/c1-11-10-25-15-16(23(2)19(27)22-17(15)26)21-18(25)24(11)8-7-20-13-9-12(28-3)5-6-14(13)29-4/h5-6,9-10,15-16,20H,7-8H2,1-4H3,(H,22,26,27). The van der Waals surface area contributed by atoms with Gasteiger partial charge in [0.15, 0.2) is 12.2 Å². The molecule has 1 fully saturated rings. The van der Waals surface area contributed by atoms with Gasteiger partial charge in [0.1, 0.15) is 11.5 Å². The van der Waals surface area contributed by atoms with Gasteiger partial charge < -0.3 is 29.5 Å². The maximum absolute atomic E-state index is 12.4. The number of likely N-dealkylation sites (N-methyl/N-ethyl adjacent to an activating group) is 1. The number of carbonyl (C=O) groups is 2. The number of nitrogens with one attached hydrogen (secondary N) is 2. The summed E-state index contributed by atoms with van der Waals surface area (Å²) in [7, 11) is 4.88. The molecule has 3 amide bonds. The number of methoxy groups -OCH3 is 2. The summed E-state index contributed by atoms with van der Waals surface area (Å²) < 4.78 is 10.7. The molecule has 2 atom stereocenters. The summed E-state index contributed by atoms with van der Waals surface area (Å²) in [6, 6.07) is 4.60. The van der Waals surface area contributed by atoms with Crippen molar-refractivity contribution in [3.8, 4) is 11.5 Å². The lowest BCUT2D eigenvalue weighted by molar-refractivity contribution is -0.126. The van der Waals surface area contributed by atoms with E-state index in [0.29, 0.717) is 19.0 Å². The number of benzene rings is 1. The number of urea groups is 1. The normalized spacial score (nSPS) is 22.7. The van der Waals surface area contributed by atoms with E-state index in [4.69, 9.17) is 9.47 Å². The van der Waals surface area contributed by atoms with Crippen molar-refractivity contribution in [2.45, 2.75) is 19.1 Å². The number of amides is 3. The van der Waals surface area contributed by atoms with E-state index >= 15 is 0 Å². The van der Waals surface area contributed by atoms with Gasteiger partial charge in [-0.2, -0.15) is 0 Å². The van der Waals surface area contributed by atoms with Crippen molar-refractivity contribution >= 4 is 23.6 Å². The van der Waals surface area contributed by atoms with E-state index in [1.54, 1.807) is 21.3 Å². The second-order valence-electron chi connectivity index (χ2n) is 7.02. The molecule has 1 aromatic carbocycles. The minimum atomic E-state index is -0.543. The zero-order valence-corrected chi connectivity index (χ0v) is 16.8. The van der Waals surface area contributed by atoms with Gasteiger partial charge in [-0.25, -0.2) is 9.79 Å². The topological polar surface area (TPSA) is 98.7 Å². The van der Waals surface area contributed by atoms with E-state index in [-0.39, 0.29) is 5.91 Å². The van der Waals surface area contributed by atoms with Crippen molar-refractivity contribution in [2.24, 2.45) is 4.99 Å². The van der Waals surface area contributed by atoms with E-state index < -0.39 is 18.2 Å². The third-order valence-electron chi connectivity index (χ3n) is 5.33. The van der Waals surface area contributed by atoms with Gasteiger partial charge in [0.2, 0.25) is 5.96 Å². The van der Waals surface area contributed by atoms with Crippen LogP contribution in [0.3, 0.4) is 0 Å². The molecule has 0 saturated carbocycles. The molecule has 1 aromatic rings. The highest BCUT2D eigenvalue weighted by Crippen LogP contribution is 2.32. The predicted molar refractivity (Wildman–Crippen MR) is 107 cm³/mol. The molecule has 10 nitrogen and oxygen atoms in total. The summed E-state index contributed by atoms with van der Waals surface area (Å²) in [4.78, 5) is 34.2. The van der Waals surface area contributed by atoms with Gasteiger partial charge in [0, 0.05) is 38.1 Å². The summed E-state index contributed by atoms with van der Waals surface area (Å²) in [6.07, 6.45) is 1.38. The highest BCUT2D eigenvalue weighted by molar-refractivity contribution is 6.04. The largest absolute Gasteiger partial charge is 0.497 e. The first-order valence-corrected chi connectivity index (χ1v) is 9.30. The third kappa shape index (κ3) is 3.10. The van der Waals surface area contributed by atoms with Crippen LogP contribution in [0, 0.1) is 0 Å². The van der Waals surface area contributed by atoms with Crippen molar-refractivity contribution in [1.29, 1.82) is 0 Å². The quantitative estimate of drug-likeness (QED) is 0.730. The number of hydrogen-bond donors (Lipinski definition) is 2. The minimum Gasteiger partial charge on any atom is -0.497 e. The number of anilines is 1. The van der Waals surface area contributed by atoms with Gasteiger partial charge in [0.05, 0.1) is 19.9 Å². The molecule has 1 saturated heterocycles. The number of ether oxygens (including phenoxy) is 2. The smallest absolute Gasteiger partial charge is 0.325 e. The molecule has 2 N–H and O–H groups in total. The Morgan fingerprint density at radius 1 is 1.24 bits per heavy atom. The van der Waals surface area contributed by atoms with Gasteiger partial charge in [-0.05, 0) is 19.1 Å². The van der Waals surface area contributed by atoms with Gasteiger partial charge >= 0.3 is 6.03 Å². The van der Waals surface area contributed by atoms with Crippen LogP contribution in [0.25, 0.3) is 0 Å². The molecule has 2 unspecified atom stereocenters. The fourth-order valence-corrected chi connectivity index (χ4v) is 3.78. The lowest BCUT2D eigenvalue weighted by atomic mass is 10.1. The van der Waals surface area contributed by atoms with Crippen LogP contribution in [0.15, 0.2) is 35.1 Å². The van der Waals surface area contributed by atoms with Crippen LogP contribution in [-0.4, -0.2) is 79.2 Å². The summed E-state index contributed by atoms with van der Waals surface area (Å²) in [6.45, 7) is 3.20. The average Bonchev–Trinajstić information content (AvgIpc) is 3.22. The Labute approximate surface area is 168 Å². The Bertz CT molecular complexity index is 914. The second kappa shape index (κ2) is 7.19. The number of imide groups is 1. The molecule has 0 bridgehead atoms. The molecule has 29 heavy (non-hydrogen) atoms. The molecule has 0 aromatic heterocycles. The fraction of sp³-hybridized carbons (Fsp3) is 0.421. The summed E-state index contributed by atoms with van der Waals surface area (Å²) in [5.41, 5.74) is 1.81. The van der Waals surface area contributed by atoms with Gasteiger partial charge in [-0.15, -0.1) is 0 Å². The zero-order valence-electron chi connectivity index (χ0n) is 16.8. The Morgan fingerprint density at radius 3 is 2.76 bits per heavy atom. The Kier molecular flexibility index (Phi) is 4.69. The summed E-state index contributed by atoms with van der Waals surface area (Å²) in [5, 5.41) is 5.74. The van der Waals surface area contributed by atoms with E-state index in [1.165, 1.54) is 4.90 Å². The van der Waals surface area contributed by atoms with Crippen LogP contribution in [0.5, 0.6) is 11.5 Å². The van der Waals surface area contributed by atoms with E-state index in [9.17, 15) is 9.59 Å². The number of aliphatic imine (C=N–C) groups is 1. The number of guanidine groups is 1. The highest BCUT2D eigenvalue weighted by Gasteiger charge is 2.51. The maximum atomic E-state index is 12.4. The third-order valence-corrected chi connectivity index (χ3v) is 5.33. The number of hydrogen-bond acceptors (Lipinski definition) is 8. The first-order valence-electron chi connectivity index (χ1n) is 9.30. The molecule has 0 spiro atoms. The van der Waals surface area contributed by atoms with Crippen LogP contribution in [-0.2, 0) is 4.79 Å². The van der Waals surface area contributed by atoms with Crippen molar-refractivity contribution in [1.82, 2.24) is 20.0 Å². The summed E-state index contributed by atoms with van der Waals surface area (Å²) in [5.74, 6) is 1.80. The van der Waals surface area contributed by atoms with Crippen LogP contribution >= 0.6 is 0 Å². The van der Waals surface area contributed by atoms with E-state index in [1.807, 2.05) is 41.1 Å². The average molecular weight is 400 g/mol. The first kappa shape index (κ1) is 18.9. The maximum Gasteiger partial charge on any atom is 0.325 e. The second-order valence-corrected chi connectivity index (χ2v) is 7.02. The number of nitrogens with zero attached hydrogens (tertiary/aromatic N) is 4. The molecular weight excluding hydrogens is 376 g/mol. The number of fused-ring (bicyclic) bond motifs is 3. The van der Waals surface area contributed by atoms with Crippen LogP contribution in [0.1, 0.15) is 6.92 Å². The Balaban J connectivity index is 1.47. The van der Waals surface area contributed by atoms with E-state index in [2.05, 4.69) is 15.6 Å².